The minimum Gasteiger partial charge on any atom is -0.226 e. The molecular weight excluding hydrogens is 267 g/mol. The molecule has 0 atom stereocenters. The quantitative estimate of drug-likeness (QED) is 0.617. The van der Waals surface area contributed by atoms with Crippen LogP contribution < -0.4 is 0 Å². The minimum atomic E-state index is 0. The van der Waals surface area contributed by atoms with E-state index in [0.717, 1.165) is 11.1 Å². The molecule has 2 rings (SSSR count). The van der Waals surface area contributed by atoms with Crippen LogP contribution in [0.1, 0.15) is 34.1 Å². The van der Waals surface area contributed by atoms with Crippen LogP contribution in [0, 0.1) is 17.5 Å². The van der Waals surface area contributed by atoms with Crippen molar-refractivity contribution in [3.63, 3.8) is 0 Å². The maximum absolute atomic E-state index is 3.15. The Hall–Kier alpha value is -0.976. The summed E-state index contributed by atoms with van der Waals surface area (Å²) in [6.07, 6.45) is 1.27. The van der Waals surface area contributed by atoms with Gasteiger partial charge in [0, 0.05) is 0 Å². The summed E-state index contributed by atoms with van der Waals surface area (Å²) in [5, 5.41) is 0. The van der Waals surface area contributed by atoms with E-state index in [2.05, 4.69) is 39.8 Å². The second-order valence-electron chi connectivity index (χ2n) is 5.47. The number of rotatable bonds is 1. The number of hydrogen-bond donors (Lipinski definition) is 0. The molecule has 99 valence electrons. The first-order chi connectivity index (χ1) is 8.53. The van der Waals surface area contributed by atoms with Crippen LogP contribution in [0.5, 0.6) is 0 Å². The van der Waals surface area contributed by atoms with Crippen molar-refractivity contribution in [1.82, 2.24) is 0 Å². The monoisotopic (exact) mass is 289 g/mol. The fourth-order valence-electron chi connectivity index (χ4n) is 1.12. The molecule has 0 saturated heterocycles. The second kappa shape index (κ2) is 9.01. The predicted molar refractivity (Wildman–Crippen MR) is 79.3 cm³/mol. The summed E-state index contributed by atoms with van der Waals surface area (Å²) in [7, 11) is 0. The molecule has 0 amide bonds. The van der Waals surface area contributed by atoms with E-state index in [1.807, 2.05) is 48.5 Å². The van der Waals surface area contributed by atoms with Gasteiger partial charge in [-0.05, 0) is 5.41 Å². The Kier molecular flexibility index (Phi) is 8.55. The van der Waals surface area contributed by atoms with Crippen LogP contribution in [0.4, 0.5) is 0 Å². The first-order valence-corrected chi connectivity index (χ1v) is 6.47. The maximum atomic E-state index is 3.15. The summed E-state index contributed by atoms with van der Waals surface area (Å²) in [5.74, 6) is 0. The largest absolute Gasteiger partial charge is 2.00 e. The van der Waals surface area contributed by atoms with Gasteiger partial charge < -0.3 is 0 Å². The van der Waals surface area contributed by atoms with Gasteiger partial charge in [-0.3, -0.25) is 0 Å². The molecule has 0 bridgehead atoms. The first kappa shape index (κ1) is 18.0. The Morgan fingerprint density at radius 1 is 0.842 bits per heavy atom. The molecule has 0 heterocycles. The minimum absolute atomic E-state index is 0. The molecule has 0 aliphatic carbocycles. The third-order valence-electron chi connectivity index (χ3n) is 2.77. The second-order valence-corrected chi connectivity index (χ2v) is 5.47. The Morgan fingerprint density at radius 3 is 1.42 bits per heavy atom. The van der Waals surface area contributed by atoms with Crippen molar-refractivity contribution in [1.29, 1.82) is 0 Å². The first-order valence-electron chi connectivity index (χ1n) is 6.47. The van der Waals surface area contributed by atoms with Crippen LogP contribution in [0.15, 0.2) is 48.5 Å². The van der Waals surface area contributed by atoms with E-state index < -0.39 is 0 Å². The predicted octanol–water partition coefficient (Wildman–Crippen LogP) is 5.39. The summed E-state index contributed by atoms with van der Waals surface area (Å²) < 4.78 is 0. The molecule has 0 unspecified atom stereocenters. The van der Waals surface area contributed by atoms with E-state index in [9.17, 15) is 0 Å². The molecule has 0 fully saturated rings. The fraction of sp³-hybridized carbons (Fsp3) is 0.333. The topological polar surface area (TPSA) is 0 Å². The van der Waals surface area contributed by atoms with E-state index in [4.69, 9.17) is 0 Å². The van der Waals surface area contributed by atoms with E-state index >= 15 is 0 Å². The Labute approximate surface area is 130 Å². The molecule has 0 aromatic heterocycles. The van der Waals surface area contributed by atoms with E-state index in [-0.39, 0.29) is 18.6 Å². The van der Waals surface area contributed by atoms with Crippen LogP contribution in [0.2, 0.25) is 0 Å². The molecule has 0 aliphatic rings. The van der Waals surface area contributed by atoms with Gasteiger partial charge >= 0.3 is 18.6 Å². The van der Waals surface area contributed by atoms with Crippen LogP contribution in [0.25, 0.3) is 11.1 Å². The average Bonchev–Trinajstić information content (AvgIpc) is 2.41. The Morgan fingerprint density at radius 2 is 1.21 bits per heavy atom. The van der Waals surface area contributed by atoms with Crippen molar-refractivity contribution in [3.8, 4) is 11.1 Å². The third-order valence-corrected chi connectivity index (χ3v) is 2.77. The van der Waals surface area contributed by atoms with Gasteiger partial charge in [-0.2, -0.15) is 48.5 Å². The zero-order valence-electron chi connectivity index (χ0n) is 12.3. The maximum Gasteiger partial charge on any atom is 2.00 e. The molecule has 1 heteroatoms. The van der Waals surface area contributed by atoms with Gasteiger partial charge in [0.25, 0.3) is 0 Å². The normalized spacial score (nSPS) is 9.89. The van der Waals surface area contributed by atoms with Crippen molar-refractivity contribution >= 4 is 0 Å². The smallest absolute Gasteiger partial charge is 0.226 e. The summed E-state index contributed by atoms with van der Waals surface area (Å²) in [6, 6.07) is 22.1. The molecule has 2 aromatic carbocycles. The van der Waals surface area contributed by atoms with Gasteiger partial charge in [-0.1, -0.05) is 34.1 Å². The van der Waals surface area contributed by atoms with Gasteiger partial charge in [-0.15, -0.1) is 12.1 Å². The third kappa shape index (κ3) is 7.92. The molecule has 0 N–H and O–H groups in total. The van der Waals surface area contributed by atoms with E-state index in [1.165, 1.54) is 6.42 Å². The molecule has 0 saturated carbocycles. The van der Waals surface area contributed by atoms with Crippen molar-refractivity contribution in [2.24, 2.45) is 5.41 Å². The molecule has 19 heavy (non-hydrogen) atoms. The molecule has 0 nitrogen and oxygen atoms in total. The number of benzene rings is 2. The molecular formula is C18H22V. The van der Waals surface area contributed by atoms with Crippen LogP contribution in [-0.4, -0.2) is 0 Å². The Bertz CT molecular complexity index is 389. The summed E-state index contributed by atoms with van der Waals surface area (Å²) >= 11 is 0. The zero-order chi connectivity index (χ0) is 13.4. The van der Waals surface area contributed by atoms with Crippen LogP contribution in [-0.2, 0) is 18.6 Å². The van der Waals surface area contributed by atoms with Crippen LogP contribution in [0.3, 0.4) is 0 Å². The van der Waals surface area contributed by atoms with E-state index in [1.54, 1.807) is 0 Å². The standard InChI is InChI=1S/C12H8.C6H14.V/c1-3-7-11(8-4-1)12-9-5-2-6-10-12;1-5-6(2,3)4;/h1-7,9H;5H2,1-4H3;/q-2;;+2. The van der Waals surface area contributed by atoms with Gasteiger partial charge in [-0.25, -0.2) is 11.1 Å². The molecule has 2 aromatic rings. The van der Waals surface area contributed by atoms with Crippen molar-refractivity contribution in [2.45, 2.75) is 34.1 Å². The van der Waals surface area contributed by atoms with Gasteiger partial charge in [0.05, 0.1) is 0 Å². The molecule has 0 spiro atoms. The van der Waals surface area contributed by atoms with Crippen molar-refractivity contribution < 1.29 is 18.6 Å². The zero-order valence-corrected chi connectivity index (χ0v) is 13.7. The SMILES string of the molecule is CCC(C)(C)C.[V+2].[c-]1ccccc1-c1[c-]cccc1. The van der Waals surface area contributed by atoms with Gasteiger partial charge in [0.15, 0.2) is 0 Å². The number of hydrogen-bond acceptors (Lipinski definition) is 0. The van der Waals surface area contributed by atoms with Gasteiger partial charge in [0.1, 0.15) is 0 Å². The van der Waals surface area contributed by atoms with E-state index in [0.29, 0.717) is 5.41 Å². The summed E-state index contributed by atoms with van der Waals surface area (Å²) in [4.78, 5) is 0. The molecule has 0 aliphatic heterocycles. The van der Waals surface area contributed by atoms with Gasteiger partial charge in [0.2, 0.25) is 0 Å². The Balaban J connectivity index is 0.000000404. The summed E-state index contributed by atoms with van der Waals surface area (Å²) in [6.45, 7) is 8.94. The van der Waals surface area contributed by atoms with Crippen molar-refractivity contribution in [2.75, 3.05) is 0 Å². The molecule has 1 radical (unpaired) electrons. The van der Waals surface area contributed by atoms with Crippen molar-refractivity contribution in [3.05, 3.63) is 60.7 Å². The average molecular weight is 289 g/mol. The van der Waals surface area contributed by atoms with Crippen LogP contribution >= 0.6 is 0 Å². The summed E-state index contributed by atoms with van der Waals surface area (Å²) in [5.41, 5.74) is 2.73. The fourth-order valence-corrected chi connectivity index (χ4v) is 1.12.